The number of aromatic nitrogens is 5. The third-order valence-corrected chi connectivity index (χ3v) is 6.23. The second kappa shape index (κ2) is 5.03. The van der Waals surface area contributed by atoms with Crippen molar-refractivity contribution < 1.29 is 0 Å². The summed E-state index contributed by atoms with van der Waals surface area (Å²) in [4.78, 5) is 11.2. The molecule has 0 radical (unpaired) electrons. The van der Waals surface area contributed by atoms with E-state index >= 15 is 0 Å². The fourth-order valence-corrected chi connectivity index (χ4v) is 4.58. The Morgan fingerprint density at radius 1 is 1.25 bits per heavy atom. The van der Waals surface area contributed by atoms with Crippen molar-refractivity contribution >= 4 is 27.3 Å². The molecular weight excluding hydrogens is 370 g/mol. The summed E-state index contributed by atoms with van der Waals surface area (Å²) >= 11 is 3.52. The van der Waals surface area contributed by atoms with Crippen molar-refractivity contribution in [3.8, 4) is 0 Å². The van der Waals surface area contributed by atoms with E-state index in [1.165, 1.54) is 5.69 Å². The van der Waals surface area contributed by atoms with Crippen molar-refractivity contribution in [1.29, 1.82) is 0 Å². The highest BCUT2D eigenvalue weighted by Crippen LogP contribution is 2.48. The van der Waals surface area contributed by atoms with Gasteiger partial charge in [0.05, 0.1) is 24.1 Å². The molecule has 24 heavy (non-hydrogen) atoms. The lowest BCUT2D eigenvalue weighted by atomic mass is 9.73. The number of nitrogens with zero attached hydrogens (tertiary/aromatic N) is 6. The fraction of sp³-hybridized carbons (Fsp3) is 0.438. The third kappa shape index (κ3) is 1.89. The van der Waals surface area contributed by atoms with Crippen LogP contribution in [-0.4, -0.2) is 37.2 Å². The van der Waals surface area contributed by atoms with E-state index in [2.05, 4.69) is 46.6 Å². The number of fused-ring (bicyclic) bond motifs is 2. The van der Waals surface area contributed by atoms with Gasteiger partial charge in [0.15, 0.2) is 5.82 Å². The van der Waals surface area contributed by atoms with Crippen LogP contribution < -0.4 is 10.6 Å². The highest BCUT2D eigenvalue weighted by Gasteiger charge is 2.47. The van der Waals surface area contributed by atoms with Gasteiger partial charge in [-0.15, -0.1) is 0 Å². The number of rotatable bonds is 1. The van der Waals surface area contributed by atoms with Gasteiger partial charge in [-0.2, -0.15) is 5.10 Å². The van der Waals surface area contributed by atoms with E-state index in [0.29, 0.717) is 0 Å². The molecule has 0 aromatic carbocycles. The zero-order valence-corrected chi connectivity index (χ0v) is 14.7. The quantitative estimate of drug-likeness (QED) is 0.690. The number of anilines is 1. The van der Waals surface area contributed by atoms with Crippen LogP contribution in [0.4, 0.5) is 5.82 Å². The Morgan fingerprint density at radius 2 is 2.08 bits per heavy atom. The summed E-state index contributed by atoms with van der Waals surface area (Å²) in [6.07, 6.45) is 9.46. The molecular formula is C16H18BrN7. The first kappa shape index (κ1) is 14.4. The summed E-state index contributed by atoms with van der Waals surface area (Å²) in [5, 5.41) is 4.41. The molecule has 1 atom stereocenters. The second-order valence-electron chi connectivity index (χ2n) is 6.79. The van der Waals surface area contributed by atoms with Crippen molar-refractivity contribution in [2.75, 3.05) is 18.0 Å². The molecule has 0 bridgehead atoms. The highest BCUT2D eigenvalue weighted by atomic mass is 79.9. The molecule has 2 N–H and O–H groups in total. The minimum absolute atomic E-state index is 0.0787. The predicted octanol–water partition coefficient (Wildman–Crippen LogP) is 1.99. The Morgan fingerprint density at radius 3 is 2.88 bits per heavy atom. The van der Waals surface area contributed by atoms with E-state index in [1.54, 1.807) is 0 Å². The maximum atomic E-state index is 6.56. The average Bonchev–Trinajstić information content (AvgIpc) is 3.29. The molecule has 0 amide bonds. The van der Waals surface area contributed by atoms with Crippen LogP contribution in [0.2, 0.25) is 0 Å². The van der Waals surface area contributed by atoms with Gasteiger partial charge in [-0.3, -0.25) is 9.08 Å². The Labute approximate surface area is 147 Å². The summed E-state index contributed by atoms with van der Waals surface area (Å²) in [5.74, 6) is 0.995. The molecule has 3 aromatic heterocycles. The molecule has 3 aromatic rings. The van der Waals surface area contributed by atoms with Gasteiger partial charge in [0, 0.05) is 31.2 Å². The van der Waals surface area contributed by atoms with Crippen LogP contribution in [0, 0.1) is 5.41 Å². The molecule has 1 saturated heterocycles. The Bertz CT molecular complexity index is 906. The van der Waals surface area contributed by atoms with Crippen molar-refractivity contribution in [1.82, 2.24) is 24.1 Å². The van der Waals surface area contributed by atoms with Crippen LogP contribution in [0.3, 0.4) is 0 Å². The maximum absolute atomic E-state index is 6.56. The first-order valence-electron chi connectivity index (χ1n) is 8.17. The average molecular weight is 388 g/mol. The van der Waals surface area contributed by atoms with E-state index in [4.69, 9.17) is 5.73 Å². The van der Waals surface area contributed by atoms with Crippen molar-refractivity contribution in [2.24, 2.45) is 11.1 Å². The van der Waals surface area contributed by atoms with Crippen LogP contribution in [-0.2, 0) is 6.54 Å². The van der Waals surface area contributed by atoms with Gasteiger partial charge < -0.3 is 10.6 Å². The Balaban J connectivity index is 1.42. The Kier molecular flexibility index (Phi) is 3.02. The summed E-state index contributed by atoms with van der Waals surface area (Å²) < 4.78 is 5.01. The standard InChI is InChI=1S/C16H18BrN7/c17-13-8-20-15(12-7-19-10-23(12)13)22-5-2-16(3-6-22)9-24-11(14(16)18)1-4-21-24/h1,4,7-8,10,14H,2-3,5-6,9,18H2/t14-/m1/s1. The fourth-order valence-electron chi connectivity index (χ4n) is 4.20. The predicted molar refractivity (Wildman–Crippen MR) is 93.7 cm³/mol. The molecule has 2 aliphatic rings. The van der Waals surface area contributed by atoms with Crippen LogP contribution in [0.5, 0.6) is 0 Å². The van der Waals surface area contributed by atoms with Crippen molar-refractivity contribution in [3.63, 3.8) is 0 Å². The van der Waals surface area contributed by atoms with Gasteiger partial charge in [0.25, 0.3) is 0 Å². The van der Waals surface area contributed by atoms with Crippen LogP contribution in [0.25, 0.3) is 5.52 Å². The van der Waals surface area contributed by atoms with Crippen molar-refractivity contribution in [2.45, 2.75) is 25.4 Å². The number of hydrogen-bond acceptors (Lipinski definition) is 5. The van der Waals surface area contributed by atoms with Crippen LogP contribution >= 0.6 is 15.9 Å². The highest BCUT2D eigenvalue weighted by molar-refractivity contribution is 9.10. The normalized spacial score (nSPS) is 22.4. The lowest BCUT2D eigenvalue weighted by Gasteiger charge is -2.41. The minimum Gasteiger partial charge on any atom is -0.355 e. The van der Waals surface area contributed by atoms with Gasteiger partial charge in [0.1, 0.15) is 16.4 Å². The van der Waals surface area contributed by atoms with E-state index in [1.807, 2.05) is 29.3 Å². The lowest BCUT2D eigenvalue weighted by Crippen LogP contribution is -2.45. The van der Waals surface area contributed by atoms with E-state index in [9.17, 15) is 0 Å². The van der Waals surface area contributed by atoms with Crippen molar-refractivity contribution in [3.05, 3.63) is 41.3 Å². The van der Waals surface area contributed by atoms with Gasteiger partial charge >= 0.3 is 0 Å². The van der Waals surface area contributed by atoms with Gasteiger partial charge in [-0.1, -0.05) is 0 Å². The third-order valence-electron chi connectivity index (χ3n) is 5.64. The molecule has 0 unspecified atom stereocenters. The zero-order chi connectivity index (χ0) is 16.3. The Hall–Kier alpha value is -1.93. The van der Waals surface area contributed by atoms with Crippen LogP contribution in [0.15, 0.2) is 35.6 Å². The smallest absolute Gasteiger partial charge is 0.154 e. The van der Waals surface area contributed by atoms with Gasteiger partial charge in [0.2, 0.25) is 0 Å². The molecule has 7 nitrogen and oxygen atoms in total. The molecule has 8 heteroatoms. The summed E-state index contributed by atoms with van der Waals surface area (Å²) in [7, 11) is 0. The first-order valence-corrected chi connectivity index (χ1v) is 8.96. The number of hydrogen-bond donors (Lipinski definition) is 1. The monoisotopic (exact) mass is 387 g/mol. The first-order chi connectivity index (χ1) is 11.7. The van der Waals surface area contributed by atoms with Gasteiger partial charge in [-0.05, 0) is 34.8 Å². The van der Waals surface area contributed by atoms with Gasteiger partial charge in [-0.25, -0.2) is 9.97 Å². The number of piperidine rings is 1. The summed E-state index contributed by atoms with van der Waals surface area (Å²) in [6, 6.07) is 2.13. The second-order valence-corrected chi connectivity index (χ2v) is 7.61. The SMILES string of the molecule is N[C@@H]1c2ccnn2CC12CCN(c1ncc(Br)n3cncc13)CC2. The summed E-state index contributed by atoms with van der Waals surface area (Å²) in [5.41, 5.74) is 8.90. The molecule has 1 fully saturated rings. The number of imidazole rings is 1. The number of nitrogens with two attached hydrogens (primary N) is 1. The summed E-state index contributed by atoms with van der Waals surface area (Å²) in [6.45, 7) is 2.84. The maximum Gasteiger partial charge on any atom is 0.154 e. The molecule has 0 saturated carbocycles. The largest absolute Gasteiger partial charge is 0.355 e. The molecule has 124 valence electrons. The van der Waals surface area contributed by atoms with E-state index in [0.717, 1.165) is 48.4 Å². The topological polar surface area (TPSA) is 77.3 Å². The zero-order valence-electron chi connectivity index (χ0n) is 13.1. The molecule has 5 heterocycles. The minimum atomic E-state index is 0.0787. The molecule has 2 aliphatic heterocycles. The van der Waals surface area contributed by atoms with Crippen LogP contribution in [0.1, 0.15) is 24.6 Å². The van der Waals surface area contributed by atoms with E-state index < -0.39 is 0 Å². The lowest BCUT2D eigenvalue weighted by molar-refractivity contribution is 0.170. The molecule has 5 rings (SSSR count). The van der Waals surface area contributed by atoms with E-state index in [-0.39, 0.29) is 11.5 Å². The molecule has 1 spiro atoms. The number of halogens is 1. The molecule has 0 aliphatic carbocycles.